The van der Waals surface area contributed by atoms with Crippen LogP contribution in [-0.4, -0.2) is 36.3 Å². The quantitative estimate of drug-likeness (QED) is 0.632. The number of aliphatic hydroxyl groups excluding tert-OH is 1. The maximum Gasteiger partial charge on any atom is 0.273 e. The Labute approximate surface area is 98.6 Å². The lowest BCUT2D eigenvalue weighted by atomic mass is 10.2. The van der Waals surface area contributed by atoms with Gasteiger partial charge in [0, 0.05) is 19.2 Å². The first-order valence-electron chi connectivity index (χ1n) is 5.37. The minimum absolute atomic E-state index is 0.00495. The van der Waals surface area contributed by atoms with Crippen LogP contribution >= 0.6 is 0 Å². The van der Waals surface area contributed by atoms with Crippen molar-refractivity contribution >= 4 is 11.4 Å². The molecule has 1 atom stereocenters. The van der Waals surface area contributed by atoms with Crippen LogP contribution in [0, 0.1) is 10.1 Å². The highest BCUT2D eigenvalue weighted by molar-refractivity contribution is 5.63. The number of rotatable bonds is 3. The molecule has 0 saturated carbocycles. The van der Waals surface area contributed by atoms with Gasteiger partial charge in [0.2, 0.25) is 0 Å². The van der Waals surface area contributed by atoms with Gasteiger partial charge in [-0.1, -0.05) is 0 Å². The van der Waals surface area contributed by atoms with E-state index < -0.39 is 4.92 Å². The van der Waals surface area contributed by atoms with Gasteiger partial charge in [0.25, 0.3) is 5.69 Å². The molecule has 0 aliphatic carbocycles. The first-order valence-corrected chi connectivity index (χ1v) is 5.37. The summed E-state index contributed by atoms with van der Waals surface area (Å²) in [5, 5.41) is 20.1. The van der Waals surface area contributed by atoms with Crippen molar-refractivity contribution in [2.24, 2.45) is 0 Å². The molecule has 1 aromatic carbocycles. The summed E-state index contributed by atoms with van der Waals surface area (Å²) in [5.74, 6) is 0.466. The van der Waals surface area contributed by atoms with Crippen LogP contribution in [0.25, 0.3) is 0 Å². The van der Waals surface area contributed by atoms with E-state index in [4.69, 9.17) is 4.74 Å². The van der Waals surface area contributed by atoms with Crippen LogP contribution < -0.4 is 9.64 Å². The summed E-state index contributed by atoms with van der Waals surface area (Å²) in [6.45, 7) is 1.27. The van der Waals surface area contributed by atoms with Crippen molar-refractivity contribution < 1.29 is 14.8 Å². The molecule has 0 amide bonds. The number of aliphatic hydroxyl groups is 1. The molecule has 2 rings (SSSR count). The Hall–Kier alpha value is -1.82. The lowest BCUT2D eigenvalue weighted by Gasteiger charge is -2.20. The van der Waals surface area contributed by atoms with Gasteiger partial charge in [-0.3, -0.25) is 10.1 Å². The summed E-state index contributed by atoms with van der Waals surface area (Å²) in [4.78, 5) is 12.2. The number of hydrogen-bond acceptors (Lipinski definition) is 5. The molecule has 1 fully saturated rings. The molecule has 6 nitrogen and oxygen atoms in total. The molecule has 0 bridgehead atoms. The van der Waals surface area contributed by atoms with E-state index in [0.29, 0.717) is 18.7 Å². The SMILES string of the molecule is COc1cc([N+](=O)[O-])ccc1N1CCC(O)C1. The van der Waals surface area contributed by atoms with Crippen molar-refractivity contribution in [2.75, 3.05) is 25.1 Å². The van der Waals surface area contributed by atoms with E-state index in [-0.39, 0.29) is 11.8 Å². The highest BCUT2D eigenvalue weighted by Crippen LogP contribution is 2.33. The molecule has 0 spiro atoms. The molecule has 0 radical (unpaired) electrons. The monoisotopic (exact) mass is 238 g/mol. The number of nitro benzene ring substituents is 1. The molecule has 1 aliphatic rings. The van der Waals surface area contributed by atoms with Gasteiger partial charge >= 0.3 is 0 Å². The van der Waals surface area contributed by atoms with E-state index in [1.165, 1.54) is 19.2 Å². The molecular formula is C11H14N2O4. The molecule has 1 aliphatic heterocycles. The number of nitro groups is 1. The third-order valence-electron chi connectivity index (χ3n) is 2.88. The minimum Gasteiger partial charge on any atom is -0.494 e. The minimum atomic E-state index is -0.453. The van der Waals surface area contributed by atoms with Gasteiger partial charge in [0.15, 0.2) is 0 Å². The molecule has 1 saturated heterocycles. The number of hydrogen-bond donors (Lipinski definition) is 1. The summed E-state index contributed by atoms with van der Waals surface area (Å²) in [7, 11) is 1.48. The predicted octanol–water partition coefficient (Wildman–Crippen LogP) is 1.17. The highest BCUT2D eigenvalue weighted by atomic mass is 16.6. The molecule has 1 aromatic rings. The second-order valence-corrected chi connectivity index (χ2v) is 4.00. The summed E-state index contributed by atoms with van der Waals surface area (Å²) in [6, 6.07) is 4.51. The fourth-order valence-corrected chi connectivity index (χ4v) is 2.00. The van der Waals surface area contributed by atoms with E-state index >= 15 is 0 Å². The topological polar surface area (TPSA) is 75.8 Å². The molecule has 92 valence electrons. The van der Waals surface area contributed by atoms with E-state index in [0.717, 1.165) is 12.2 Å². The molecule has 0 aromatic heterocycles. The Bertz CT molecular complexity index is 435. The molecule has 6 heteroatoms. The number of benzene rings is 1. The Balaban J connectivity index is 2.31. The number of ether oxygens (including phenoxy) is 1. The number of nitrogens with zero attached hydrogens (tertiary/aromatic N) is 2. The zero-order chi connectivity index (χ0) is 12.4. The first-order chi connectivity index (χ1) is 8.11. The summed E-state index contributed by atoms with van der Waals surface area (Å²) in [5.41, 5.74) is 0.792. The lowest BCUT2D eigenvalue weighted by molar-refractivity contribution is -0.384. The summed E-state index contributed by atoms with van der Waals surface area (Å²) in [6.07, 6.45) is 0.370. The second-order valence-electron chi connectivity index (χ2n) is 4.00. The Kier molecular flexibility index (Phi) is 3.14. The van der Waals surface area contributed by atoms with Gasteiger partial charge < -0.3 is 14.7 Å². The zero-order valence-corrected chi connectivity index (χ0v) is 9.50. The molecule has 1 N–H and O–H groups in total. The number of non-ortho nitro benzene ring substituents is 1. The van der Waals surface area contributed by atoms with Crippen LogP contribution in [-0.2, 0) is 0 Å². The lowest BCUT2D eigenvalue weighted by Crippen LogP contribution is -2.21. The van der Waals surface area contributed by atoms with E-state index in [1.54, 1.807) is 6.07 Å². The van der Waals surface area contributed by atoms with Gasteiger partial charge in [-0.25, -0.2) is 0 Å². The molecular weight excluding hydrogens is 224 g/mol. The van der Waals surface area contributed by atoms with Crippen molar-refractivity contribution in [2.45, 2.75) is 12.5 Å². The third-order valence-corrected chi connectivity index (χ3v) is 2.88. The van der Waals surface area contributed by atoms with Crippen molar-refractivity contribution in [3.05, 3.63) is 28.3 Å². The van der Waals surface area contributed by atoms with Crippen LogP contribution in [0.2, 0.25) is 0 Å². The molecule has 17 heavy (non-hydrogen) atoms. The van der Waals surface area contributed by atoms with Gasteiger partial charge in [-0.05, 0) is 12.5 Å². The van der Waals surface area contributed by atoms with Crippen molar-refractivity contribution in [3.63, 3.8) is 0 Å². The van der Waals surface area contributed by atoms with Gasteiger partial charge in [0.1, 0.15) is 5.75 Å². The Morgan fingerprint density at radius 1 is 1.59 bits per heavy atom. The van der Waals surface area contributed by atoms with E-state index in [2.05, 4.69) is 0 Å². The van der Waals surface area contributed by atoms with Crippen LogP contribution in [0.4, 0.5) is 11.4 Å². The average Bonchev–Trinajstić information content (AvgIpc) is 2.74. The number of anilines is 1. The fourth-order valence-electron chi connectivity index (χ4n) is 2.00. The van der Waals surface area contributed by atoms with Crippen molar-refractivity contribution in [3.8, 4) is 5.75 Å². The maximum absolute atomic E-state index is 10.7. The highest BCUT2D eigenvalue weighted by Gasteiger charge is 2.24. The van der Waals surface area contributed by atoms with Gasteiger partial charge in [0.05, 0.1) is 29.9 Å². The van der Waals surface area contributed by atoms with Crippen LogP contribution in [0.5, 0.6) is 5.75 Å². The fraction of sp³-hybridized carbons (Fsp3) is 0.455. The summed E-state index contributed by atoms with van der Waals surface area (Å²) >= 11 is 0. The first kappa shape index (κ1) is 11.7. The Morgan fingerprint density at radius 2 is 2.35 bits per heavy atom. The second kappa shape index (κ2) is 4.58. The largest absolute Gasteiger partial charge is 0.494 e. The van der Waals surface area contributed by atoms with Crippen LogP contribution in [0.1, 0.15) is 6.42 Å². The standard InChI is InChI=1S/C11H14N2O4/c1-17-11-6-8(13(15)16)2-3-10(11)12-5-4-9(14)7-12/h2-3,6,9,14H,4-5,7H2,1H3. The van der Waals surface area contributed by atoms with Gasteiger partial charge in [-0.15, -0.1) is 0 Å². The number of methoxy groups -OCH3 is 1. The van der Waals surface area contributed by atoms with E-state index in [1.807, 2.05) is 4.90 Å². The van der Waals surface area contributed by atoms with Crippen LogP contribution in [0.15, 0.2) is 18.2 Å². The van der Waals surface area contributed by atoms with Crippen LogP contribution in [0.3, 0.4) is 0 Å². The smallest absolute Gasteiger partial charge is 0.273 e. The molecule has 1 unspecified atom stereocenters. The normalized spacial score (nSPS) is 19.4. The van der Waals surface area contributed by atoms with Crippen molar-refractivity contribution in [1.29, 1.82) is 0 Å². The van der Waals surface area contributed by atoms with Gasteiger partial charge in [-0.2, -0.15) is 0 Å². The third kappa shape index (κ3) is 2.31. The maximum atomic E-state index is 10.7. The van der Waals surface area contributed by atoms with Crippen molar-refractivity contribution in [1.82, 2.24) is 0 Å². The summed E-state index contributed by atoms with van der Waals surface area (Å²) < 4.78 is 5.16. The molecule has 1 heterocycles. The average molecular weight is 238 g/mol. The number of β-amino-alcohol motifs (C(OH)–C–C–N with tert-alkyl or cyclic N) is 1. The van der Waals surface area contributed by atoms with E-state index in [9.17, 15) is 15.2 Å². The predicted molar refractivity (Wildman–Crippen MR) is 62.5 cm³/mol. The zero-order valence-electron chi connectivity index (χ0n) is 9.50. The Morgan fingerprint density at radius 3 is 2.88 bits per heavy atom.